The van der Waals surface area contributed by atoms with Gasteiger partial charge in [0.15, 0.2) is 0 Å². The van der Waals surface area contributed by atoms with Gasteiger partial charge in [0.25, 0.3) is 0 Å². The summed E-state index contributed by atoms with van der Waals surface area (Å²) in [6.45, 7) is 12.0. The molecule has 0 amide bonds. The molecule has 0 saturated heterocycles. The Hall–Kier alpha value is -0.650. The first kappa shape index (κ1) is 26.4. The third kappa shape index (κ3) is 4.36. The smallest absolute Gasteiger partial charge is 0.306 e. The SMILES string of the molecule is CC(C)CCC[C@@H](C)[C@H]1CC[C@H]2[C@@H]3C(O)C(N)C4CC(O)(CC(=O)O)CC[C@]4(C)[C@H]3CC[C@]12C. The van der Waals surface area contributed by atoms with E-state index in [-0.39, 0.29) is 29.1 Å². The Morgan fingerprint density at radius 3 is 2.29 bits per heavy atom. The van der Waals surface area contributed by atoms with E-state index in [4.69, 9.17) is 5.73 Å². The molecule has 4 aliphatic carbocycles. The standard InChI is InChI=1S/C29H51NO4/c1-17(2)7-6-8-18(3)19-9-10-20-24-21(11-12-27(19,20)4)28(5)13-14-29(34,16-23(31)32)15-22(28)25(30)26(24)33/h17-22,24-26,33-34H,6-16,30H2,1-5H3,(H,31,32)/t18-,19-,20+,21+,22?,24+,25?,26?,27-,28-,29?/m1/s1. The lowest BCUT2D eigenvalue weighted by atomic mass is 9.42. The molecule has 0 heterocycles. The van der Waals surface area contributed by atoms with Crippen molar-refractivity contribution in [3.63, 3.8) is 0 Å². The summed E-state index contributed by atoms with van der Waals surface area (Å²) in [6, 6.07) is -0.392. The van der Waals surface area contributed by atoms with Crippen LogP contribution < -0.4 is 5.73 Å². The van der Waals surface area contributed by atoms with Gasteiger partial charge in [-0.15, -0.1) is 0 Å². The van der Waals surface area contributed by atoms with Crippen molar-refractivity contribution < 1.29 is 20.1 Å². The number of aliphatic hydroxyl groups excluding tert-OH is 1. The Morgan fingerprint density at radius 2 is 1.65 bits per heavy atom. The molecule has 0 bridgehead atoms. The second-order valence-corrected chi connectivity index (χ2v) is 14.0. The van der Waals surface area contributed by atoms with Crippen molar-refractivity contribution in [1.82, 2.24) is 0 Å². The highest BCUT2D eigenvalue weighted by molar-refractivity contribution is 5.68. The fourth-order valence-electron chi connectivity index (χ4n) is 9.87. The minimum atomic E-state index is -1.20. The maximum Gasteiger partial charge on any atom is 0.306 e. The van der Waals surface area contributed by atoms with Crippen LogP contribution in [0.15, 0.2) is 0 Å². The number of aliphatic carboxylic acids is 1. The molecule has 4 fully saturated rings. The first-order valence-corrected chi connectivity index (χ1v) is 14.2. The zero-order valence-electron chi connectivity index (χ0n) is 22.3. The zero-order valence-corrected chi connectivity index (χ0v) is 22.3. The number of fused-ring (bicyclic) bond motifs is 5. The first-order chi connectivity index (χ1) is 15.8. The van der Waals surface area contributed by atoms with Gasteiger partial charge >= 0.3 is 5.97 Å². The second kappa shape index (κ2) is 9.34. The molecule has 4 saturated carbocycles. The van der Waals surface area contributed by atoms with Crippen molar-refractivity contribution in [1.29, 1.82) is 0 Å². The lowest BCUT2D eigenvalue weighted by Crippen LogP contribution is -2.67. The van der Waals surface area contributed by atoms with Crippen molar-refractivity contribution >= 4 is 5.97 Å². The fourth-order valence-corrected chi connectivity index (χ4v) is 9.87. The summed E-state index contributed by atoms with van der Waals surface area (Å²) in [7, 11) is 0. The highest BCUT2D eigenvalue weighted by Crippen LogP contribution is 2.68. The second-order valence-electron chi connectivity index (χ2n) is 14.0. The van der Waals surface area contributed by atoms with Gasteiger partial charge in [-0.2, -0.15) is 0 Å². The van der Waals surface area contributed by atoms with Gasteiger partial charge in [-0.25, -0.2) is 0 Å². The number of hydrogen-bond acceptors (Lipinski definition) is 4. The number of nitrogens with two attached hydrogens (primary N) is 1. The molecule has 11 atom stereocenters. The summed E-state index contributed by atoms with van der Waals surface area (Å²) in [5.41, 5.74) is 5.83. The maximum absolute atomic E-state index is 11.6. The zero-order chi connectivity index (χ0) is 25.1. The number of aliphatic hydroxyl groups is 2. The van der Waals surface area contributed by atoms with Crippen LogP contribution in [0.1, 0.15) is 105 Å². The van der Waals surface area contributed by atoms with Crippen LogP contribution in [0.25, 0.3) is 0 Å². The lowest BCUT2D eigenvalue weighted by molar-refractivity contribution is -0.199. The van der Waals surface area contributed by atoms with E-state index in [1.807, 2.05) is 0 Å². The molecule has 5 heteroatoms. The fraction of sp³-hybridized carbons (Fsp3) is 0.966. The highest BCUT2D eigenvalue weighted by atomic mass is 16.4. The minimum absolute atomic E-state index is 0.0293. The normalized spacial score (nSPS) is 49.3. The van der Waals surface area contributed by atoms with Crippen LogP contribution in [0, 0.1) is 52.3 Å². The molecule has 0 aromatic heterocycles. The average molecular weight is 478 g/mol. The van der Waals surface area contributed by atoms with E-state index in [0.29, 0.717) is 24.7 Å². The third-order valence-electron chi connectivity index (χ3n) is 11.7. The van der Waals surface area contributed by atoms with Gasteiger partial charge in [0.1, 0.15) is 0 Å². The lowest BCUT2D eigenvalue weighted by Gasteiger charge is -2.65. The van der Waals surface area contributed by atoms with Gasteiger partial charge in [-0.3, -0.25) is 4.79 Å². The van der Waals surface area contributed by atoms with Crippen LogP contribution in [0.2, 0.25) is 0 Å². The molecular weight excluding hydrogens is 426 g/mol. The summed E-state index contributed by atoms with van der Waals surface area (Å²) < 4.78 is 0. The van der Waals surface area contributed by atoms with Crippen molar-refractivity contribution in [3.8, 4) is 0 Å². The molecule has 0 aromatic carbocycles. The Morgan fingerprint density at radius 1 is 0.971 bits per heavy atom. The number of carboxylic acids is 1. The molecule has 0 aromatic rings. The topological polar surface area (TPSA) is 104 Å². The summed E-state index contributed by atoms with van der Waals surface area (Å²) >= 11 is 0. The maximum atomic E-state index is 11.6. The minimum Gasteiger partial charge on any atom is -0.481 e. The predicted octanol–water partition coefficient (Wildman–Crippen LogP) is 5.22. The number of rotatable bonds is 7. The Balaban J connectivity index is 1.54. The van der Waals surface area contributed by atoms with Gasteiger partial charge in [0.2, 0.25) is 0 Å². The van der Waals surface area contributed by atoms with E-state index in [9.17, 15) is 20.1 Å². The van der Waals surface area contributed by atoms with Crippen molar-refractivity contribution in [2.75, 3.05) is 0 Å². The van der Waals surface area contributed by atoms with E-state index < -0.39 is 23.7 Å². The predicted molar refractivity (Wildman–Crippen MR) is 135 cm³/mol. The van der Waals surface area contributed by atoms with Crippen molar-refractivity contribution in [2.45, 2.75) is 123 Å². The molecule has 0 radical (unpaired) electrons. The van der Waals surface area contributed by atoms with Crippen LogP contribution in [0.3, 0.4) is 0 Å². The summed E-state index contributed by atoms with van der Waals surface area (Å²) in [5, 5.41) is 32.1. The molecule has 0 spiro atoms. The largest absolute Gasteiger partial charge is 0.481 e. The number of carbonyl (C=O) groups is 1. The van der Waals surface area contributed by atoms with Crippen LogP contribution >= 0.6 is 0 Å². The van der Waals surface area contributed by atoms with Crippen LogP contribution in [-0.2, 0) is 4.79 Å². The summed E-state index contributed by atoms with van der Waals surface area (Å²) in [6.07, 6.45) is 9.69. The van der Waals surface area contributed by atoms with Gasteiger partial charge < -0.3 is 21.1 Å². The quantitative estimate of drug-likeness (QED) is 0.402. The first-order valence-electron chi connectivity index (χ1n) is 14.2. The van der Waals surface area contributed by atoms with E-state index >= 15 is 0 Å². The Labute approximate surface area is 207 Å². The monoisotopic (exact) mass is 477 g/mol. The van der Waals surface area contributed by atoms with Crippen molar-refractivity contribution in [2.24, 2.45) is 58.0 Å². The van der Waals surface area contributed by atoms with Gasteiger partial charge in [-0.1, -0.05) is 53.9 Å². The van der Waals surface area contributed by atoms with Crippen molar-refractivity contribution in [3.05, 3.63) is 0 Å². The molecule has 4 rings (SSSR count). The van der Waals surface area contributed by atoms with Crippen LogP contribution in [0.4, 0.5) is 0 Å². The Bertz CT molecular complexity index is 756. The molecule has 4 aliphatic rings. The van der Waals surface area contributed by atoms with E-state index in [0.717, 1.165) is 30.6 Å². The molecule has 5 N–H and O–H groups in total. The van der Waals surface area contributed by atoms with Gasteiger partial charge in [0.05, 0.1) is 18.1 Å². The van der Waals surface area contributed by atoms with Crippen LogP contribution in [0.5, 0.6) is 0 Å². The molecule has 196 valence electrons. The van der Waals surface area contributed by atoms with E-state index in [1.54, 1.807) is 0 Å². The molecule has 4 unspecified atom stereocenters. The van der Waals surface area contributed by atoms with Gasteiger partial charge in [0, 0.05) is 6.04 Å². The number of carboxylic acid groups (broad SMARTS) is 1. The summed E-state index contributed by atoms with van der Waals surface area (Å²) in [5.74, 6) is 2.40. The summed E-state index contributed by atoms with van der Waals surface area (Å²) in [4.78, 5) is 11.4. The highest BCUT2D eigenvalue weighted by Gasteiger charge is 2.65. The third-order valence-corrected chi connectivity index (χ3v) is 11.7. The molecule has 34 heavy (non-hydrogen) atoms. The van der Waals surface area contributed by atoms with E-state index in [1.165, 1.54) is 38.5 Å². The molecule has 5 nitrogen and oxygen atoms in total. The Kier molecular flexibility index (Phi) is 7.25. The van der Waals surface area contributed by atoms with Crippen LogP contribution in [-0.4, -0.2) is 39.0 Å². The molecule has 0 aliphatic heterocycles. The molecular formula is C29H51NO4. The van der Waals surface area contributed by atoms with E-state index in [2.05, 4.69) is 34.6 Å². The number of hydrogen-bond donors (Lipinski definition) is 4. The average Bonchev–Trinajstić information content (AvgIpc) is 3.09. The van der Waals surface area contributed by atoms with Gasteiger partial charge in [-0.05, 0) is 97.2 Å².